The van der Waals surface area contributed by atoms with E-state index in [2.05, 4.69) is 17.1 Å². The zero-order valence-electron chi connectivity index (χ0n) is 11.2. The number of carbonyl (C=O) groups is 1. The molecule has 0 fully saturated rings. The Morgan fingerprint density at radius 1 is 1.32 bits per heavy atom. The van der Waals surface area contributed by atoms with Gasteiger partial charge in [-0.1, -0.05) is 18.2 Å². The number of nitrogens with zero attached hydrogens (tertiary/aromatic N) is 1. The lowest BCUT2D eigenvalue weighted by molar-refractivity contribution is 0.0951. The number of nitrogens with one attached hydrogen (secondary N) is 1. The maximum atomic E-state index is 11.8. The zero-order valence-corrected chi connectivity index (χ0v) is 11.2. The van der Waals surface area contributed by atoms with Crippen LogP contribution in [-0.4, -0.2) is 25.5 Å². The third-order valence-corrected chi connectivity index (χ3v) is 3.17. The fraction of sp³-hybridized carbons (Fsp3) is 0.267. The van der Waals surface area contributed by atoms with Gasteiger partial charge in [0.25, 0.3) is 5.91 Å². The highest BCUT2D eigenvalue weighted by Crippen LogP contribution is 2.13. The summed E-state index contributed by atoms with van der Waals surface area (Å²) >= 11 is 0. The van der Waals surface area contributed by atoms with Crippen LogP contribution >= 0.6 is 0 Å². The maximum Gasteiger partial charge on any atom is 0.254 e. The fourth-order valence-electron chi connectivity index (χ4n) is 1.79. The Kier molecular flexibility index (Phi) is 4.23. The number of rotatable bonds is 5. The van der Waals surface area contributed by atoms with Gasteiger partial charge in [0.05, 0.1) is 11.8 Å². The van der Waals surface area contributed by atoms with Gasteiger partial charge in [-0.15, -0.1) is 0 Å². The molecule has 1 N–H and O–H groups in total. The molecule has 4 heteroatoms. The van der Waals surface area contributed by atoms with Gasteiger partial charge < -0.3 is 14.6 Å². The molecule has 1 heterocycles. The minimum atomic E-state index is -0.109. The highest BCUT2D eigenvalue weighted by Gasteiger charge is 2.12. The number of furan rings is 1. The predicted octanol–water partition coefficient (Wildman–Crippen LogP) is 2.53. The lowest BCUT2D eigenvalue weighted by Crippen LogP contribution is -2.40. The number of carbonyl (C=O) groups excluding carboxylic acids is 1. The second kappa shape index (κ2) is 6.09. The van der Waals surface area contributed by atoms with Gasteiger partial charge in [-0.2, -0.15) is 0 Å². The van der Waals surface area contributed by atoms with Crippen LogP contribution in [0.5, 0.6) is 0 Å². The summed E-state index contributed by atoms with van der Waals surface area (Å²) in [5.41, 5.74) is 1.68. The van der Waals surface area contributed by atoms with E-state index in [1.165, 1.54) is 12.5 Å². The maximum absolute atomic E-state index is 11.8. The molecule has 0 aliphatic heterocycles. The second-order valence-corrected chi connectivity index (χ2v) is 4.52. The van der Waals surface area contributed by atoms with Crippen LogP contribution in [0.4, 0.5) is 5.69 Å². The van der Waals surface area contributed by atoms with E-state index in [1.807, 2.05) is 37.4 Å². The monoisotopic (exact) mass is 258 g/mol. The molecule has 19 heavy (non-hydrogen) atoms. The van der Waals surface area contributed by atoms with E-state index in [-0.39, 0.29) is 11.9 Å². The first-order valence-electron chi connectivity index (χ1n) is 6.27. The molecule has 0 aliphatic carbocycles. The van der Waals surface area contributed by atoms with Crippen LogP contribution in [-0.2, 0) is 0 Å². The lowest BCUT2D eigenvalue weighted by Gasteiger charge is -2.27. The molecule has 100 valence electrons. The molecule has 1 aromatic heterocycles. The van der Waals surface area contributed by atoms with Crippen molar-refractivity contribution >= 4 is 11.6 Å². The van der Waals surface area contributed by atoms with Crippen LogP contribution in [0.1, 0.15) is 17.3 Å². The van der Waals surface area contributed by atoms with Gasteiger partial charge >= 0.3 is 0 Å². The highest BCUT2D eigenvalue weighted by atomic mass is 16.3. The van der Waals surface area contributed by atoms with E-state index in [4.69, 9.17) is 4.42 Å². The van der Waals surface area contributed by atoms with E-state index in [1.54, 1.807) is 6.07 Å². The molecule has 0 radical (unpaired) electrons. The van der Waals surface area contributed by atoms with Crippen LogP contribution < -0.4 is 10.2 Å². The average Bonchev–Trinajstić information content (AvgIpc) is 2.98. The van der Waals surface area contributed by atoms with E-state index >= 15 is 0 Å². The van der Waals surface area contributed by atoms with Crippen LogP contribution in [0.2, 0.25) is 0 Å². The summed E-state index contributed by atoms with van der Waals surface area (Å²) in [7, 11) is 2.02. The standard InChI is InChI=1S/C15H18N2O2/c1-12(17(2)14-6-4-3-5-7-14)10-16-15(18)13-8-9-19-11-13/h3-9,11-12H,10H2,1-2H3,(H,16,18)/t12-/m1/s1. The molecule has 0 saturated carbocycles. The second-order valence-electron chi connectivity index (χ2n) is 4.52. The Morgan fingerprint density at radius 2 is 2.05 bits per heavy atom. The summed E-state index contributed by atoms with van der Waals surface area (Å²) in [4.78, 5) is 13.9. The van der Waals surface area contributed by atoms with Crippen molar-refractivity contribution in [2.24, 2.45) is 0 Å². The van der Waals surface area contributed by atoms with Crippen molar-refractivity contribution in [3.8, 4) is 0 Å². The van der Waals surface area contributed by atoms with Crippen LogP contribution in [0.25, 0.3) is 0 Å². The van der Waals surface area contributed by atoms with Crippen molar-refractivity contribution in [1.82, 2.24) is 5.32 Å². The van der Waals surface area contributed by atoms with Gasteiger partial charge in [0.15, 0.2) is 0 Å². The molecule has 1 atom stereocenters. The minimum absolute atomic E-state index is 0.109. The molecule has 4 nitrogen and oxygen atoms in total. The van der Waals surface area contributed by atoms with Gasteiger partial charge in [-0.3, -0.25) is 4.79 Å². The van der Waals surface area contributed by atoms with Crippen molar-refractivity contribution in [2.45, 2.75) is 13.0 Å². The van der Waals surface area contributed by atoms with Gasteiger partial charge in [0.1, 0.15) is 6.26 Å². The zero-order chi connectivity index (χ0) is 13.7. The average molecular weight is 258 g/mol. The lowest BCUT2D eigenvalue weighted by atomic mass is 10.2. The highest BCUT2D eigenvalue weighted by molar-refractivity contribution is 5.93. The number of amides is 1. The Morgan fingerprint density at radius 3 is 2.68 bits per heavy atom. The molecule has 1 aromatic carbocycles. The molecular formula is C15H18N2O2. The number of likely N-dealkylation sites (N-methyl/N-ethyl adjacent to an activating group) is 1. The molecule has 0 spiro atoms. The first kappa shape index (κ1) is 13.2. The molecule has 1 amide bonds. The normalized spacial score (nSPS) is 11.9. The summed E-state index contributed by atoms with van der Waals surface area (Å²) in [6, 6.07) is 12.0. The smallest absolute Gasteiger partial charge is 0.254 e. The molecule has 0 aliphatic rings. The Balaban J connectivity index is 1.88. The quantitative estimate of drug-likeness (QED) is 0.896. The molecule has 2 aromatic rings. The topological polar surface area (TPSA) is 45.5 Å². The van der Waals surface area contributed by atoms with Crippen molar-refractivity contribution < 1.29 is 9.21 Å². The fourth-order valence-corrected chi connectivity index (χ4v) is 1.79. The van der Waals surface area contributed by atoms with Crippen LogP contribution in [0.3, 0.4) is 0 Å². The minimum Gasteiger partial charge on any atom is -0.472 e. The van der Waals surface area contributed by atoms with Gasteiger partial charge in [-0.25, -0.2) is 0 Å². The summed E-state index contributed by atoms with van der Waals surface area (Å²) in [5.74, 6) is -0.109. The largest absolute Gasteiger partial charge is 0.472 e. The van der Waals surface area contributed by atoms with Gasteiger partial charge in [0, 0.05) is 25.3 Å². The van der Waals surface area contributed by atoms with Gasteiger partial charge in [-0.05, 0) is 25.1 Å². The van der Waals surface area contributed by atoms with Crippen LogP contribution in [0, 0.1) is 0 Å². The molecule has 0 bridgehead atoms. The number of para-hydroxylation sites is 1. The molecule has 0 unspecified atom stereocenters. The van der Waals surface area contributed by atoms with E-state index in [9.17, 15) is 4.79 Å². The number of benzene rings is 1. The number of hydrogen-bond acceptors (Lipinski definition) is 3. The van der Waals surface area contributed by atoms with Gasteiger partial charge in [0.2, 0.25) is 0 Å². The third-order valence-electron chi connectivity index (χ3n) is 3.17. The number of anilines is 1. The molecule has 0 saturated heterocycles. The predicted molar refractivity (Wildman–Crippen MR) is 75.3 cm³/mol. The van der Waals surface area contributed by atoms with E-state index < -0.39 is 0 Å². The first-order valence-corrected chi connectivity index (χ1v) is 6.27. The van der Waals surface area contributed by atoms with Crippen molar-refractivity contribution in [1.29, 1.82) is 0 Å². The molecular weight excluding hydrogens is 240 g/mol. The SMILES string of the molecule is C[C@H](CNC(=O)c1ccoc1)N(C)c1ccccc1. The summed E-state index contributed by atoms with van der Waals surface area (Å²) < 4.78 is 4.89. The van der Waals surface area contributed by atoms with Crippen molar-refractivity contribution in [3.63, 3.8) is 0 Å². The van der Waals surface area contributed by atoms with Crippen molar-refractivity contribution in [3.05, 3.63) is 54.5 Å². The van der Waals surface area contributed by atoms with Crippen LogP contribution in [0.15, 0.2) is 53.3 Å². The van der Waals surface area contributed by atoms with E-state index in [0.29, 0.717) is 12.1 Å². The third kappa shape index (κ3) is 3.37. The van der Waals surface area contributed by atoms with Crippen molar-refractivity contribution in [2.75, 3.05) is 18.5 Å². The summed E-state index contributed by atoms with van der Waals surface area (Å²) in [6.07, 6.45) is 2.94. The Labute approximate surface area is 113 Å². The summed E-state index contributed by atoms with van der Waals surface area (Å²) in [5, 5.41) is 2.89. The Hall–Kier alpha value is -2.23. The Bertz CT molecular complexity index is 508. The first-order chi connectivity index (χ1) is 9.18. The molecule has 2 rings (SSSR count). The number of hydrogen-bond donors (Lipinski definition) is 1. The summed E-state index contributed by atoms with van der Waals surface area (Å²) in [6.45, 7) is 2.65. The van der Waals surface area contributed by atoms with E-state index in [0.717, 1.165) is 5.69 Å².